The highest BCUT2D eigenvalue weighted by Gasteiger charge is 2.05. The minimum atomic E-state index is -0.332. The van der Waals surface area contributed by atoms with Gasteiger partial charge in [-0.15, -0.1) is 0 Å². The smallest absolute Gasteiger partial charge is 0.258 e. The number of nitrogens with one attached hydrogen (secondary N) is 1. The molecule has 0 aliphatic rings. The maximum Gasteiger partial charge on any atom is 0.258 e. The molecule has 2 aromatic carbocycles. The van der Waals surface area contributed by atoms with Crippen LogP contribution in [0.2, 0.25) is 0 Å². The SMILES string of the molecule is O=C(COc1ccc(Br)cc1)NCc1ccccc1F. The highest BCUT2D eigenvalue weighted by Crippen LogP contribution is 2.15. The van der Waals surface area contributed by atoms with Gasteiger partial charge in [0.2, 0.25) is 0 Å². The van der Waals surface area contributed by atoms with E-state index in [1.54, 1.807) is 30.3 Å². The van der Waals surface area contributed by atoms with Gasteiger partial charge in [0, 0.05) is 16.6 Å². The van der Waals surface area contributed by atoms with Crippen molar-refractivity contribution >= 4 is 21.8 Å². The average molecular weight is 338 g/mol. The molecular formula is C15H13BrFNO2. The third-order valence-corrected chi connectivity index (χ3v) is 3.15. The summed E-state index contributed by atoms with van der Waals surface area (Å²) in [5.74, 6) is -0.0213. The van der Waals surface area contributed by atoms with Crippen LogP contribution in [0.15, 0.2) is 53.0 Å². The van der Waals surface area contributed by atoms with Crippen molar-refractivity contribution in [2.45, 2.75) is 6.54 Å². The zero-order chi connectivity index (χ0) is 14.4. The second-order valence-corrected chi connectivity index (χ2v) is 5.03. The minimum absolute atomic E-state index is 0.101. The Kier molecular flexibility index (Phi) is 5.12. The lowest BCUT2D eigenvalue weighted by Crippen LogP contribution is -2.28. The maximum atomic E-state index is 13.3. The first-order valence-corrected chi connectivity index (χ1v) is 6.83. The molecule has 0 aliphatic carbocycles. The standard InChI is InChI=1S/C15H13BrFNO2/c16-12-5-7-13(8-6-12)20-10-15(19)18-9-11-3-1-2-4-14(11)17/h1-8H,9-10H2,(H,18,19). The molecule has 3 nitrogen and oxygen atoms in total. The fraction of sp³-hybridized carbons (Fsp3) is 0.133. The van der Waals surface area contributed by atoms with Crippen LogP contribution in [0.4, 0.5) is 4.39 Å². The topological polar surface area (TPSA) is 38.3 Å². The van der Waals surface area contributed by atoms with E-state index in [-0.39, 0.29) is 24.9 Å². The average Bonchev–Trinajstić information content (AvgIpc) is 2.46. The van der Waals surface area contributed by atoms with E-state index in [4.69, 9.17) is 4.74 Å². The number of carbonyl (C=O) groups is 1. The first-order chi connectivity index (χ1) is 9.65. The molecular weight excluding hydrogens is 325 g/mol. The van der Waals surface area contributed by atoms with Gasteiger partial charge < -0.3 is 10.1 Å². The fourth-order valence-corrected chi connectivity index (χ4v) is 1.83. The molecule has 20 heavy (non-hydrogen) atoms. The molecule has 5 heteroatoms. The molecule has 0 aromatic heterocycles. The largest absolute Gasteiger partial charge is 0.484 e. The molecule has 0 fully saturated rings. The normalized spacial score (nSPS) is 10.1. The molecule has 0 radical (unpaired) electrons. The Morgan fingerprint density at radius 1 is 1.15 bits per heavy atom. The van der Waals surface area contributed by atoms with Gasteiger partial charge in [-0.2, -0.15) is 0 Å². The Balaban J connectivity index is 1.78. The molecule has 0 spiro atoms. The molecule has 1 N–H and O–H groups in total. The Labute approximate surface area is 124 Å². The Morgan fingerprint density at radius 3 is 2.55 bits per heavy atom. The van der Waals surface area contributed by atoms with Crippen LogP contribution in [0.25, 0.3) is 0 Å². The van der Waals surface area contributed by atoms with Gasteiger partial charge in [-0.25, -0.2) is 4.39 Å². The van der Waals surface area contributed by atoms with Crippen molar-refractivity contribution in [1.82, 2.24) is 5.32 Å². The van der Waals surface area contributed by atoms with Gasteiger partial charge in [-0.05, 0) is 30.3 Å². The van der Waals surface area contributed by atoms with Crippen LogP contribution in [0.3, 0.4) is 0 Å². The monoisotopic (exact) mass is 337 g/mol. The summed E-state index contributed by atoms with van der Waals surface area (Å²) >= 11 is 3.31. The van der Waals surface area contributed by atoms with Crippen LogP contribution in [-0.2, 0) is 11.3 Å². The molecule has 104 valence electrons. The number of hydrogen-bond acceptors (Lipinski definition) is 2. The number of halogens is 2. The van der Waals surface area contributed by atoms with E-state index in [9.17, 15) is 9.18 Å². The van der Waals surface area contributed by atoms with Crippen LogP contribution >= 0.6 is 15.9 Å². The summed E-state index contributed by atoms with van der Waals surface area (Å²) in [6.45, 7) is 0.0469. The third-order valence-electron chi connectivity index (χ3n) is 2.62. The summed E-state index contributed by atoms with van der Waals surface area (Å²) in [7, 11) is 0. The van der Waals surface area contributed by atoms with Gasteiger partial charge in [-0.1, -0.05) is 34.1 Å². The van der Waals surface area contributed by atoms with Gasteiger partial charge in [0.25, 0.3) is 5.91 Å². The molecule has 2 rings (SSSR count). The minimum Gasteiger partial charge on any atom is -0.484 e. The van der Waals surface area contributed by atoms with E-state index >= 15 is 0 Å². The van der Waals surface area contributed by atoms with Gasteiger partial charge in [0.15, 0.2) is 6.61 Å². The lowest BCUT2D eigenvalue weighted by atomic mass is 10.2. The maximum absolute atomic E-state index is 13.3. The Morgan fingerprint density at radius 2 is 1.85 bits per heavy atom. The van der Waals surface area contributed by atoms with Crippen molar-refractivity contribution in [3.63, 3.8) is 0 Å². The number of rotatable bonds is 5. The second-order valence-electron chi connectivity index (χ2n) is 4.11. The second kappa shape index (κ2) is 7.05. The van der Waals surface area contributed by atoms with Gasteiger partial charge in [0.05, 0.1) is 0 Å². The summed E-state index contributed by atoms with van der Waals surface area (Å²) in [5, 5.41) is 2.61. The van der Waals surface area contributed by atoms with Crippen molar-refractivity contribution < 1.29 is 13.9 Å². The summed E-state index contributed by atoms with van der Waals surface area (Å²) in [4.78, 5) is 11.6. The summed E-state index contributed by atoms with van der Waals surface area (Å²) in [6.07, 6.45) is 0. The molecule has 1 amide bonds. The Bertz CT molecular complexity index is 587. The highest BCUT2D eigenvalue weighted by molar-refractivity contribution is 9.10. The predicted molar refractivity (Wildman–Crippen MR) is 77.9 cm³/mol. The number of hydrogen-bond donors (Lipinski definition) is 1. The van der Waals surface area contributed by atoms with Crippen LogP contribution in [-0.4, -0.2) is 12.5 Å². The van der Waals surface area contributed by atoms with Gasteiger partial charge in [-0.3, -0.25) is 4.79 Å². The van der Waals surface area contributed by atoms with Crippen molar-refractivity contribution in [2.24, 2.45) is 0 Å². The van der Waals surface area contributed by atoms with E-state index in [0.29, 0.717) is 11.3 Å². The lowest BCUT2D eigenvalue weighted by molar-refractivity contribution is -0.123. The molecule has 0 aliphatic heterocycles. The molecule has 0 saturated heterocycles. The number of carbonyl (C=O) groups excluding carboxylic acids is 1. The molecule has 2 aromatic rings. The predicted octanol–water partition coefficient (Wildman–Crippen LogP) is 3.28. The van der Waals surface area contributed by atoms with Crippen molar-refractivity contribution in [2.75, 3.05) is 6.61 Å². The fourth-order valence-electron chi connectivity index (χ4n) is 1.57. The van der Waals surface area contributed by atoms with Crippen molar-refractivity contribution in [1.29, 1.82) is 0 Å². The molecule has 0 saturated carbocycles. The first kappa shape index (κ1) is 14.5. The molecule has 0 bridgehead atoms. The lowest BCUT2D eigenvalue weighted by Gasteiger charge is -2.08. The number of ether oxygens (including phenoxy) is 1. The van der Waals surface area contributed by atoms with E-state index in [0.717, 1.165) is 4.47 Å². The van der Waals surface area contributed by atoms with Crippen LogP contribution in [0, 0.1) is 5.82 Å². The van der Waals surface area contributed by atoms with E-state index in [1.165, 1.54) is 6.07 Å². The third kappa shape index (κ3) is 4.35. The number of benzene rings is 2. The molecule has 0 atom stereocenters. The van der Waals surface area contributed by atoms with Crippen LogP contribution in [0.1, 0.15) is 5.56 Å². The van der Waals surface area contributed by atoms with Crippen LogP contribution in [0.5, 0.6) is 5.75 Å². The van der Waals surface area contributed by atoms with E-state index < -0.39 is 0 Å². The summed E-state index contributed by atoms with van der Waals surface area (Å²) < 4.78 is 19.6. The summed E-state index contributed by atoms with van der Waals surface area (Å²) in [6, 6.07) is 13.5. The number of amides is 1. The zero-order valence-electron chi connectivity index (χ0n) is 10.6. The highest BCUT2D eigenvalue weighted by atomic mass is 79.9. The summed E-state index contributed by atoms with van der Waals surface area (Å²) in [5.41, 5.74) is 0.449. The van der Waals surface area contributed by atoms with Crippen molar-refractivity contribution in [3.8, 4) is 5.75 Å². The van der Waals surface area contributed by atoms with Gasteiger partial charge >= 0.3 is 0 Å². The van der Waals surface area contributed by atoms with E-state index in [1.807, 2.05) is 12.1 Å². The molecule has 0 heterocycles. The first-order valence-electron chi connectivity index (χ1n) is 6.03. The zero-order valence-corrected chi connectivity index (χ0v) is 12.2. The van der Waals surface area contributed by atoms with E-state index in [2.05, 4.69) is 21.2 Å². The molecule has 0 unspecified atom stereocenters. The van der Waals surface area contributed by atoms with Crippen LogP contribution < -0.4 is 10.1 Å². The van der Waals surface area contributed by atoms with Gasteiger partial charge in [0.1, 0.15) is 11.6 Å². The van der Waals surface area contributed by atoms with Crippen molar-refractivity contribution in [3.05, 3.63) is 64.4 Å². The quantitative estimate of drug-likeness (QED) is 0.909. The Hall–Kier alpha value is -1.88.